The van der Waals surface area contributed by atoms with Crippen LogP contribution >= 0.6 is 24.8 Å². The third-order valence-electron chi connectivity index (χ3n) is 5.61. The topological polar surface area (TPSA) is 86.3 Å². The van der Waals surface area contributed by atoms with Gasteiger partial charge in [0.1, 0.15) is 0 Å². The number of aromatic nitrogens is 3. The van der Waals surface area contributed by atoms with Gasteiger partial charge in [-0.05, 0) is 56.7 Å². The molecule has 28 heavy (non-hydrogen) atoms. The number of hydrogen-bond acceptors (Lipinski definition) is 5. The van der Waals surface area contributed by atoms with E-state index in [0.717, 1.165) is 60.3 Å². The second-order valence-electron chi connectivity index (χ2n) is 7.19. The number of hydrogen-bond donors (Lipinski definition) is 1. The van der Waals surface area contributed by atoms with Gasteiger partial charge in [-0.25, -0.2) is 9.67 Å². The molecule has 1 aliphatic rings. The summed E-state index contributed by atoms with van der Waals surface area (Å²) in [5.41, 5.74) is 9.73. The SMILES string of the molecule is COc1nn(C)c2nc(C)c(CCC(=O)N3CCC(CN)CC3)c(C)c12.Cl.Cl. The second kappa shape index (κ2) is 10.3. The lowest BCUT2D eigenvalue weighted by Gasteiger charge is -2.31. The lowest BCUT2D eigenvalue weighted by atomic mass is 9.96. The Kier molecular flexibility index (Phi) is 8.98. The zero-order valence-corrected chi connectivity index (χ0v) is 18.7. The maximum atomic E-state index is 12.6. The number of pyridine rings is 1. The number of nitrogens with two attached hydrogens (primary N) is 1. The Balaban J connectivity index is 0.00000196. The van der Waals surface area contributed by atoms with Crippen molar-refractivity contribution in [1.29, 1.82) is 0 Å². The highest BCUT2D eigenvalue weighted by atomic mass is 35.5. The minimum Gasteiger partial charge on any atom is -0.479 e. The van der Waals surface area contributed by atoms with E-state index in [1.165, 1.54) is 0 Å². The number of aryl methyl sites for hydroxylation is 3. The summed E-state index contributed by atoms with van der Waals surface area (Å²) in [6.07, 6.45) is 3.22. The molecule has 0 unspecified atom stereocenters. The van der Waals surface area contributed by atoms with E-state index >= 15 is 0 Å². The van der Waals surface area contributed by atoms with E-state index in [9.17, 15) is 4.79 Å². The molecule has 0 aliphatic carbocycles. The fraction of sp³-hybridized carbons (Fsp3) is 0.632. The Morgan fingerprint density at radius 3 is 2.46 bits per heavy atom. The summed E-state index contributed by atoms with van der Waals surface area (Å²) in [6, 6.07) is 0. The average Bonchev–Trinajstić information content (AvgIpc) is 2.97. The van der Waals surface area contributed by atoms with Gasteiger partial charge in [0, 0.05) is 32.3 Å². The summed E-state index contributed by atoms with van der Waals surface area (Å²) in [4.78, 5) is 19.3. The van der Waals surface area contributed by atoms with Crippen LogP contribution in [0.2, 0.25) is 0 Å². The normalized spacial score (nSPS) is 14.5. The number of nitrogens with zero attached hydrogens (tertiary/aromatic N) is 4. The number of ether oxygens (including phenoxy) is 1. The maximum absolute atomic E-state index is 12.6. The molecule has 0 aromatic carbocycles. The van der Waals surface area contributed by atoms with Crippen LogP contribution in [-0.4, -0.2) is 52.3 Å². The van der Waals surface area contributed by atoms with Gasteiger partial charge >= 0.3 is 0 Å². The van der Waals surface area contributed by atoms with E-state index < -0.39 is 0 Å². The van der Waals surface area contributed by atoms with E-state index in [2.05, 4.69) is 12.0 Å². The lowest BCUT2D eigenvalue weighted by Crippen LogP contribution is -2.40. The number of methoxy groups -OCH3 is 1. The number of amides is 1. The minimum atomic E-state index is 0. The highest BCUT2D eigenvalue weighted by Crippen LogP contribution is 2.30. The standard InChI is InChI=1S/C19H29N5O2.2ClH/c1-12-15(5-6-16(25)24-9-7-14(11-20)8-10-24)13(2)21-18-17(12)19(26-4)22-23(18)3;;/h14H,5-11,20H2,1-4H3;2*1H. The van der Waals surface area contributed by atoms with Crippen LogP contribution < -0.4 is 10.5 Å². The second-order valence-corrected chi connectivity index (χ2v) is 7.19. The highest BCUT2D eigenvalue weighted by molar-refractivity contribution is 5.86. The van der Waals surface area contributed by atoms with Crippen LogP contribution in [-0.2, 0) is 18.3 Å². The van der Waals surface area contributed by atoms with Gasteiger partial charge in [-0.1, -0.05) is 0 Å². The lowest BCUT2D eigenvalue weighted by molar-refractivity contribution is -0.132. The minimum absolute atomic E-state index is 0. The molecule has 9 heteroatoms. The Labute approximate surface area is 178 Å². The predicted octanol–water partition coefficient (Wildman–Crippen LogP) is 2.57. The summed E-state index contributed by atoms with van der Waals surface area (Å²) in [7, 11) is 3.49. The first kappa shape index (κ1) is 24.5. The Morgan fingerprint density at radius 2 is 1.89 bits per heavy atom. The van der Waals surface area contributed by atoms with Crippen molar-refractivity contribution in [2.24, 2.45) is 18.7 Å². The Morgan fingerprint density at radius 1 is 1.25 bits per heavy atom. The van der Waals surface area contributed by atoms with Crippen LogP contribution in [0.15, 0.2) is 0 Å². The molecular formula is C19H31Cl2N5O2. The number of fused-ring (bicyclic) bond motifs is 1. The quantitative estimate of drug-likeness (QED) is 0.785. The van der Waals surface area contributed by atoms with Crippen molar-refractivity contribution < 1.29 is 9.53 Å². The number of carbonyl (C=O) groups excluding carboxylic acids is 1. The highest BCUT2D eigenvalue weighted by Gasteiger charge is 2.23. The molecule has 3 heterocycles. The monoisotopic (exact) mass is 431 g/mol. The molecule has 1 fully saturated rings. The molecule has 1 aliphatic heterocycles. The van der Waals surface area contributed by atoms with Crippen molar-refractivity contribution in [2.45, 2.75) is 39.5 Å². The van der Waals surface area contributed by atoms with E-state index in [4.69, 9.17) is 15.5 Å². The van der Waals surface area contributed by atoms with Gasteiger partial charge in [0.2, 0.25) is 11.8 Å². The van der Waals surface area contributed by atoms with Gasteiger partial charge in [0.05, 0.1) is 12.5 Å². The summed E-state index contributed by atoms with van der Waals surface area (Å²) in [5.74, 6) is 1.37. The zero-order valence-electron chi connectivity index (χ0n) is 17.0. The predicted molar refractivity (Wildman–Crippen MR) is 116 cm³/mol. The first-order valence-corrected chi connectivity index (χ1v) is 9.30. The van der Waals surface area contributed by atoms with Crippen LogP contribution in [0.4, 0.5) is 0 Å². The van der Waals surface area contributed by atoms with Crippen molar-refractivity contribution in [3.05, 3.63) is 16.8 Å². The smallest absolute Gasteiger partial charge is 0.242 e. The fourth-order valence-electron chi connectivity index (χ4n) is 3.92. The maximum Gasteiger partial charge on any atom is 0.242 e. The van der Waals surface area contributed by atoms with Crippen molar-refractivity contribution >= 4 is 41.8 Å². The van der Waals surface area contributed by atoms with Gasteiger partial charge in [0.15, 0.2) is 5.65 Å². The van der Waals surface area contributed by atoms with Crippen LogP contribution in [0.3, 0.4) is 0 Å². The van der Waals surface area contributed by atoms with E-state index in [0.29, 0.717) is 24.6 Å². The zero-order chi connectivity index (χ0) is 18.8. The summed E-state index contributed by atoms with van der Waals surface area (Å²) < 4.78 is 7.15. The van der Waals surface area contributed by atoms with Crippen molar-refractivity contribution in [3.63, 3.8) is 0 Å². The van der Waals surface area contributed by atoms with Gasteiger partial charge in [-0.15, -0.1) is 29.9 Å². The van der Waals surface area contributed by atoms with Gasteiger partial charge in [0.25, 0.3) is 0 Å². The fourth-order valence-corrected chi connectivity index (χ4v) is 3.92. The van der Waals surface area contributed by atoms with Gasteiger partial charge in [-0.3, -0.25) is 4.79 Å². The number of carbonyl (C=O) groups is 1. The molecule has 0 bridgehead atoms. The van der Waals surface area contributed by atoms with E-state index in [1.807, 2.05) is 18.9 Å². The van der Waals surface area contributed by atoms with Crippen LogP contribution in [0.5, 0.6) is 5.88 Å². The number of piperidine rings is 1. The summed E-state index contributed by atoms with van der Waals surface area (Å²) in [6.45, 7) is 6.43. The molecular weight excluding hydrogens is 401 g/mol. The largest absolute Gasteiger partial charge is 0.479 e. The summed E-state index contributed by atoms with van der Waals surface area (Å²) >= 11 is 0. The number of likely N-dealkylation sites (tertiary alicyclic amines) is 1. The molecule has 0 spiro atoms. The molecule has 7 nitrogen and oxygen atoms in total. The number of rotatable bonds is 5. The number of halogens is 2. The van der Waals surface area contributed by atoms with Gasteiger partial charge < -0.3 is 15.4 Å². The molecule has 158 valence electrons. The molecule has 2 N–H and O–H groups in total. The molecule has 0 atom stereocenters. The van der Waals surface area contributed by atoms with Crippen LogP contribution in [0.25, 0.3) is 11.0 Å². The summed E-state index contributed by atoms with van der Waals surface area (Å²) in [5, 5.41) is 5.32. The molecule has 1 amide bonds. The molecule has 1 saturated heterocycles. The first-order chi connectivity index (χ1) is 12.5. The molecule has 2 aromatic heterocycles. The third-order valence-corrected chi connectivity index (χ3v) is 5.61. The van der Waals surface area contributed by atoms with Crippen LogP contribution in [0, 0.1) is 19.8 Å². The van der Waals surface area contributed by atoms with Crippen molar-refractivity contribution in [1.82, 2.24) is 19.7 Å². The Hall–Kier alpha value is -1.57. The van der Waals surface area contributed by atoms with Crippen molar-refractivity contribution in [2.75, 3.05) is 26.7 Å². The van der Waals surface area contributed by atoms with E-state index in [-0.39, 0.29) is 30.7 Å². The van der Waals surface area contributed by atoms with Gasteiger partial charge in [-0.2, -0.15) is 0 Å². The average molecular weight is 432 g/mol. The van der Waals surface area contributed by atoms with Crippen LogP contribution in [0.1, 0.15) is 36.1 Å². The third kappa shape index (κ3) is 4.70. The molecule has 0 saturated carbocycles. The van der Waals surface area contributed by atoms with Crippen molar-refractivity contribution in [3.8, 4) is 5.88 Å². The Bertz CT molecular complexity index is 816. The van der Waals surface area contributed by atoms with E-state index in [1.54, 1.807) is 11.8 Å². The molecule has 0 radical (unpaired) electrons. The molecule has 3 rings (SSSR count). The first-order valence-electron chi connectivity index (χ1n) is 9.30. The molecule has 2 aromatic rings.